The summed E-state index contributed by atoms with van der Waals surface area (Å²) in [5.74, 6) is 1.18. The fourth-order valence-electron chi connectivity index (χ4n) is 1.23. The number of nitrogen functional groups attached to an aromatic ring is 1. The second-order valence-corrected chi connectivity index (χ2v) is 4.28. The first-order valence-corrected chi connectivity index (χ1v) is 5.87. The molecule has 0 amide bonds. The Morgan fingerprint density at radius 2 is 2.38 bits per heavy atom. The largest absolute Gasteiger partial charge is 0.391 e. The van der Waals surface area contributed by atoms with Crippen molar-refractivity contribution in [2.75, 3.05) is 18.9 Å². The highest BCUT2D eigenvalue weighted by atomic mass is 32.1. The van der Waals surface area contributed by atoms with Gasteiger partial charge in [-0.3, -0.25) is 0 Å². The zero-order valence-electron chi connectivity index (χ0n) is 8.97. The molecule has 2 aromatic heterocycles. The topological polar surface area (TPSA) is 74.2 Å². The molecule has 16 heavy (non-hydrogen) atoms. The van der Waals surface area contributed by atoms with Crippen LogP contribution in [-0.2, 0) is 11.2 Å². The molecule has 0 fully saturated rings. The van der Waals surface area contributed by atoms with Crippen molar-refractivity contribution in [3.63, 3.8) is 0 Å². The Kier molecular flexibility index (Phi) is 3.53. The van der Waals surface area contributed by atoms with Gasteiger partial charge in [0.25, 0.3) is 5.89 Å². The van der Waals surface area contributed by atoms with Crippen molar-refractivity contribution in [1.29, 1.82) is 0 Å². The monoisotopic (exact) mass is 239 g/mol. The van der Waals surface area contributed by atoms with Gasteiger partial charge in [-0.1, -0.05) is 5.16 Å². The maximum absolute atomic E-state index is 5.63. The fraction of sp³-hybridized carbons (Fsp3) is 0.400. The fourth-order valence-corrected chi connectivity index (χ4v) is 1.93. The van der Waals surface area contributed by atoms with Crippen molar-refractivity contribution in [3.05, 3.63) is 18.0 Å². The molecular formula is C10H13N3O2S. The molecule has 2 heterocycles. The predicted octanol–water partition coefficient (Wildman–Crippen LogP) is 1.96. The molecule has 0 radical (unpaired) electrons. The van der Waals surface area contributed by atoms with E-state index in [1.807, 2.05) is 19.1 Å². The van der Waals surface area contributed by atoms with Crippen LogP contribution in [0.3, 0.4) is 0 Å². The summed E-state index contributed by atoms with van der Waals surface area (Å²) in [6.45, 7) is 3.27. The van der Waals surface area contributed by atoms with Gasteiger partial charge in [-0.15, -0.1) is 11.3 Å². The summed E-state index contributed by atoms with van der Waals surface area (Å²) in [5, 5.41) is 4.61. The number of anilines is 1. The van der Waals surface area contributed by atoms with Crippen molar-refractivity contribution in [3.8, 4) is 10.8 Å². The zero-order chi connectivity index (χ0) is 11.4. The lowest BCUT2D eigenvalue weighted by Gasteiger charge is -1.94. The molecule has 0 spiro atoms. The molecular weight excluding hydrogens is 226 g/mol. The highest BCUT2D eigenvalue weighted by Crippen LogP contribution is 2.27. The van der Waals surface area contributed by atoms with Gasteiger partial charge in [0.2, 0.25) is 0 Å². The molecule has 0 saturated heterocycles. The minimum absolute atomic E-state index is 0.521. The van der Waals surface area contributed by atoms with E-state index in [9.17, 15) is 0 Å². The molecule has 2 rings (SSSR count). The Morgan fingerprint density at radius 1 is 1.50 bits per heavy atom. The number of nitrogens with zero attached hydrogens (tertiary/aromatic N) is 2. The second kappa shape index (κ2) is 5.09. The predicted molar refractivity (Wildman–Crippen MR) is 62.2 cm³/mol. The van der Waals surface area contributed by atoms with Crippen LogP contribution in [0.2, 0.25) is 0 Å². The zero-order valence-corrected chi connectivity index (χ0v) is 9.79. The molecule has 0 aromatic carbocycles. The van der Waals surface area contributed by atoms with Crippen LogP contribution in [0.4, 0.5) is 5.00 Å². The van der Waals surface area contributed by atoms with E-state index in [1.165, 1.54) is 11.3 Å². The molecule has 0 aliphatic heterocycles. The van der Waals surface area contributed by atoms with Crippen LogP contribution in [0.25, 0.3) is 10.8 Å². The molecule has 0 unspecified atom stereocenters. The van der Waals surface area contributed by atoms with Gasteiger partial charge in [-0.2, -0.15) is 4.98 Å². The average Bonchev–Trinajstić information content (AvgIpc) is 2.87. The summed E-state index contributed by atoms with van der Waals surface area (Å²) < 4.78 is 10.4. The lowest BCUT2D eigenvalue weighted by Crippen LogP contribution is -1.99. The van der Waals surface area contributed by atoms with E-state index < -0.39 is 0 Å². The Labute approximate surface area is 97.2 Å². The first kappa shape index (κ1) is 11.1. The van der Waals surface area contributed by atoms with E-state index in [4.69, 9.17) is 15.0 Å². The van der Waals surface area contributed by atoms with Crippen molar-refractivity contribution < 1.29 is 9.26 Å². The Bertz CT molecular complexity index is 452. The number of hydrogen-bond acceptors (Lipinski definition) is 6. The first-order chi connectivity index (χ1) is 7.79. The van der Waals surface area contributed by atoms with Gasteiger partial charge < -0.3 is 15.0 Å². The minimum Gasteiger partial charge on any atom is -0.391 e. The first-order valence-electron chi connectivity index (χ1n) is 5.05. The molecule has 86 valence electrons. The van der Waals surface area contributed by atoms with E-state index in [-0.39, 0.29) is 0 Å². The van der Waals surface area contributed by atoms with Crippen molar-refractivity contribution in [2.24, 2.45) is 0 Å². The normalized spacial score (nSPS) is 10.8. The molecule has 0 bridgehead atoms. The quantitative estimate of drug-likeness (QED) is 0.807. The van der Waals surface area contributed by atoms with Gasteiger partial charge >= 0.3 is 0 Å². The summed E-state index contributed by atoms with van der Waals surface area (Å²) in [6, 6.07) is 3.70. The lowest BCUT2D eigenvalue weighted by molar-refractivity contribution is 0.149. The van der Waals surface area contributed by atoms with Gasteiger partial charge in [0.05, 0.1) is 16.5 Å². The lowest BCUT2D eigenvalue weighted by atomic mass is 10.4. The number of thiophene rings is 1. The third-order valence-electron chi connectivity index (χ3n) is 1.98. The maximum Gasteiger partial charge on any atom is 0.268 e. The van der Waals surface area contributed by atoms with Crippen molar-refractivity contribution in [2.45, 2.75) is 13.3 Å². The summed E-state index contributed by atoms with van der Waals surface area (Å²) in [7, 11) is 0. The van der Waals surface area contributed by atoms with E-state index in [0.29, 0.717) is 31.3 Å². The smallest absolute Gasteiger partial charge is 0.268 e. The third kappa shape index (κ3) is 2.59. The molecule has 2 aromatic rings. The molecule has 6 heteroatoms. The molecule has 0 atom stereocenters. The maximum atomic E-state index is 5.63. The highest BCUT2D eigenvalue weighted by Gasteiger charge is 2.10. The van der Waals surface area contributed by atoms with E-state index in [0.717, 1.165) is 9.88 Å². The van der Waals surface area contributed by atoms with E-state index in [2.05, 4.69) is 10.1 Å². The summed E-state index contributed by atoms with van der Waals surface area (Å²) in [6.07, 6.45) is 0.665. The van der Waals surface area contributed by atoms with Crippen LogP contribution >= 0.6 is 11.3 Å². The van der Waals surface area contributed by atoms with E-state index >= 15 is 0 Å². The Balaban J connectivity index is 2.02. The standard InChI is InChI=1S/C10H13N3O2S/c1-2-14-6-5-9-12-10(15-13-9)7-3-4-8(11)16-7/h3-4H,2,5-6,11H2,1H3. The Morgan fingerprint density at radius 3 is 3.06 bits per heavy atom. The van der Waals surface area contributed by atoms with Crippen LogP contribution in [0.15, 0.2) is 16.7 Å². The molecule has 0 saturated carbocycles. The number of rotatable bonds is 5. The van der Waals surface area contributed by atoms with Gasteiger partial charge in [0, 0.05) is 13.0 Å². The second-order valence-electron chi connectivity index (χ2n) is 3.16. The third-order valence-corrected chi connectivity index (χ3v) is 2.88. The molecule has 2 N–H and O–H groups in total. The summed E-state index contributed by atoms with van der Waals surface area (Å²) in [4.78, 5) is 5.16. The average molecular weight is 239 g/mol. The van der Waals surface area contributed by atoms with Crippen LogP contribution < -0.4 is 5.73 Å². The van der Waals surface area contributed by atoms with Crippen LogP contribution in [0.1, 0.15) is 12.7 Å². The van der Waals surface area contributed by atoms with Crippen LogP contribution in [0, 0.1) is 0 Å². The number of ether oxygens (including phenoxy) is 1. The van der Waals surface area contributed by atoms with Crippen LogP contribution in [-0.4, -0.2) is 23.4 Å². The number of nitrogens with two attached hydrogens (primary N) is 1. The minimum atomic E-state index is 0.521. The number of aromatic nitrogens is 2. The Hall–Kier alpha value is -1.40. The van der Waals surface area contributed by atoms with Gasteiger partial charge in [0.15, 0.2) is 5.82 Å². The van der Waals surface area contributed by atoms with Crippen molar-refractivity contribution >= 4 is 16.3 Å². The molecule has 0 aliphatic carbocycles. The van der Waals surface area contributed by atoms with Gasteiger partial charge in [-0.05, 0) is 19.1 Å². The molecule has 5 nitrogen and oxygen atoms in total. The SMILES string of the molecule is CCOCCc1noc(-c2ccc(N)s2)n1. The molecule has 0 aliphatic rings. The summed E-state index contributed by atoms with van der Waals surface area (Å²) >= 11 is 1.43. The van der Waals surface area contributed by atoms with Crippen LogP contribution in [0.5, 0.6) is 0 Å². The number of hydrogen-bond donors (Lipinski definition) is 1. The van der Waals surface area contributed by atoms with Gasteiger partial charge in [0.1, 0.15) is 0 Å². The van der Waals surface area contributed by atoms with E-state index in [1.54, 1.807) is 0 Å². The highest BCUT2D eigenvalue weighted by molar-refractivity contribution is 7.19. The van der Waals surface area contributed by atoms with Gasteiger partial charge in [-0.25, -0.2) is 0 Å². The van der Waals surface area contributed by atoms with Crippen molar-refractivity contribution in [1.82, 2.24) is 10.1 Å². The summed E-state index contributed by atoms with van der Waals surface area (Å²) in [5.41, 5.74) is 5.63.